The zero-order chi connectivity index (χ0) is 20.1. The largest absolute Gasteiger partial charge is 0.359 e. The van der Waals surface area contributed by atoms with Gasteiger partial charge in [0.2, 0.25) is 0 Å². The van der Waals surface area contributed by atoms with E-state index in [0.717, 1.165) is 49.4 Å². The molecule has 148 valence electrons. The van der Waals surface area contributed by atoms with Crippen LogP contribution in [0.15, 0.2) is 61.1 Å². The maximum absolute atomic E-state index is 4.58. The summed E-state index contributed by atoms with van der Waals surface area (Å²) in [6.07, 6.45) is 7.28. The number of nitrogens with zero attached hydrogens (tertiary/aromatic N) is 2. The molecule has 1 aliphatic rings. The molecule has 4 nitrogen and oxygen atoms in total. The number of nitrogens with one attached hydrogen (secondary N) is 2. The Kier molecular flexibility index (Phi) is 6.53. The van der Waals surface area contributed by atoms with Crippen LogP contribution in [0.4, 0.5) is 5.82 Å². The lowest BCUT2D eigenvalue weighted by atomic mass is 9.97. The van der Waals surface area contributed by atoms with E-state index < -0.39 is 0 Å². The van der Waals surface area contributed by atoms with E-state index in [4.69, 9.17) is 0 Å². The maximum Gasteiger partial charge on any atom is 0.131 e. The maximum atomic E-state index is 4.58. The molecule has 0 unspecified atom stereocenters. The monoisotopic (exact) mass is 376 g/mol. The predicted molar refractivity (Wildman–Crippen MR) is 121 cm³/mol. The number of hydrogen-bond donors (Lipinski definition) is 2. The first kappa shape index (κ1) is 20.2. The summed E-state index contributed by atoms with van der Waals surface area (Å²) in [4.78, 5) is 6.88. The fourth-order valence-corrected chi connectivity index (χ4v) is 3.77. The van der Waals surface area contributed by atoms with Gasteiger partial charge in [-0.05, 0) is 68.8 Å². The van der Waals surface area contributed by atoms with Gasteiger partial charge in [-0.15, -0.1) is 0 Å². The lowest BCUT2D eigenvalue weighted by Gasteiger charge is -2.34. The molecule has 28 heavy (non-hydrogen) atoms. The fourth-order valence-electron chi connectivity index (χ4n) is 3.77. The highest BCUT2D eigenvalue weighted by molar-refractivity contribution is 5.87. The van der Waals surface area contributed by atoms with E-state index in [-0.39, 0.29) is 0 Å². The van der Waals surface area contributed by atoms with Crippen LogP contribution in [0.5, 0.6) is 0 Å². The van der Waals surface area contributed by atoms with Gasteiger partial charge >= 0.3 is 0 Å². The van der Waals surface area contributed by atoms with Gasteiger partial charge in [0, 0.05) is 30.7 Å². The first-order chi connectivity index (χ1) is 13.5. The number of hydrogen-bond acceptors (Lipinski definition) is 4. The van der Waals surface area contributed by atoms with Gasteiger partial charge in [0.15, 0.2) is 0 Å². The Morgan fingerprint density at radius 3 is 2.61 bits per heavy atom. The van der Waals surface area contributed by atoms with Crippen LogP contribution in [0.3, 0.4) is 0 Å². The topological polar surface area (TPSA) is 40.2 Å². The van der Waals surface area contributed by atoms with Crippen LogP contribution >= 0.6 is 0 Å². The van der Waals surface area contributed by atoms with Gasteiger partial charge in [0.1, 0.15) is 5.82 Å². The molecule has 3 rings (SSSR count). The lowest BCUT2D eigenvalue weighted by Crippen LogP contribution is -2.41. The molecule has 1 aromatic carbocycles. The van der Waals surface area contributed by atoms with Crippen molar-refractivity contribution in [3.05, 3.63) is 66.7 Å². The van der Waals surface area contributed by atoms with Gasteiger partial charge in [0.05, 0.1) is 5.82 Å². The minimum absolute atomic E-state index is 0.612. The van der Waals surface area contributed by atoms with Crippen LogP contribution in [-0.2, 0) is 0 Å². The highest BCUT2D eigenvalue weighted by Gasteiger charge is 2.18. The minimum atomic E-state index is 0.612. The molecular formula is C24H32N4. The number of fused-ring (bicyclic) bond motifs is 1. The minimum Gasteiger partial charge on any atom is -0.359 e. The molecule has 0 radical (unpaired) electrons. The van der Waals surface area contributed by atoms with Crippen molar-refractivity contribution < 1.29 is 0 Å². The number of benzene rings is 1. The highest BCUT2D eigenvalue weighted by atomic mass is 15.3. The molecular weight excluding hydrogens is 344 g/mol. The van der Waals surface area contributed by atoms with Gasteiger partial charge < -0.3 is 15.5 Å². The molecule has 0 spiro atoms. The third-order valence-corrected chi connectivity index (χ3v) is 5.49. The van der Waals surface area contributed by atoms with Gasteiger partial charge in [0.25, 0.3) is 0 Å². The molecule has 4 heteroatoms. The Hall–Kier alpha value is -2.59. The quantitative estimate of drug-likeness (QED) is 0.654. The van der Waals surface area contributed by atoms with Crippen molar-refractivity contribution in [2.75, 3.05) is 25.5 Å². The van der Waals surface area contributed by atoms with Crippen molar-refractivity contribution in [1.29, 1.82) is 0 Å². The summed E-state index contributed by atoms with van der Waals surface area (Å²) in [7, 11) is 2.04. The molecule has 2 heterocycles. The lowest BCUT2D eigenvalue weighted by molar-refractivity contribution is 0.251. The first-order valence-corrected chi connectivity index (χ1v) is 10.1. The van der Waals surface area contributed by atoms with E-state index in [0.29, 0.717) is 6.04 Å². The molecule has 1 aromatic heterocycles. The summed E-state index contributed by atoms with van der Waals surface area (Å²) in [5.74, 6) is 1.77. The van der Waals surface area contributed by atoms with E-state index in [2.05, 4.69) is 77.9 Å². The van der Waals surface area contributed by atoms with E-state index >= 15 is 0 Å². The van der Waals surface area contributed by atoms with Gasteiger partial charge in [-0.25, -0.2) is 4.98 Å². The Morgan fingerprint density at radius 1 is 1.21 bits per heavy atom. The van der Waals surface area contributed by atoms with E-state index in [1.807, 2.05) is 13.2 Å². The second-order valence-corrected chi connectivity index (χ2v) is 7.70. The summed E-state index contributed by atoms with van der Waals surface area (Å²) >= 11 is 0. The number of piperidine rings is 1. The summed E-state index contributed by atoms with van der Waals surface area (Å²) in [6, 6.07) is 9.27. The summed E-state index contributed by atoms with van der Waals surface area (Å²) in [5.41, 5.74) is 3.71. The fraction of sp³-hybridized carbons (Fsp3) is 0.375. The van der Waals surface area contributed by atoms with Crippen LogP contribution in [0.2, 0.25) is 0 Å². The summed E-state index contributed by atoms with van der Waals surface area (Å²) < 4.78 is 0. The Balaban J connectivity index is 1.75. The SMILES string of the molecule is C=C(C)C/C(=C\C)c1ccc2cnc(NC(=C)N3CCC(NC)CC3)cc2c1. The van der Waals surface area contributed by atoms with Crippen LogP contribution in [-0.4, -0.2) is 36.1 Å². The Bertz CT molecular complexity index is 889. The van der Waals surface area contributed by atoms with Crippen molar-refractivity contribution in [3.63, 3.8) is 0 Å². The second-order valence-electron chi connectivity index (χ2n) is 7.70. The number of rotatable bonds is 7. The van der Waals surface area contributed by atoms with Crippen molar-refractivity contribution in [3.8, 4) is 0 Å². The zero-order valence-electron chi connectivity index (χ0n) is 17.4. The van der Waals surface area contributed by atoms with Crippen LogP contribution in [0.25, 0.3) is 16.3 Å². The standard InChI is InChI=1S/C24H32N4/c1-6-19(13-17(2)3)20-7-8-21-16-26-24(15-22(21)14-20)27-18(4)28-11-9-23(25-5)10-12-28/h6-8,14-16,23,25H,2,4,9-13H2,1,3,5H3,(H,26,27)/b19-6+. The Labute approximate surface area is 169 Å². The molecule has 0 atom stereocenters. The van der Waals surface area contributed by atoms with Crippen molar-refractivity contribution >= 4 is 22.2 Å². The predicted octanol–water partition coefficient (Wildman–Crippen LogP) is 5.17. The van der Waals surface area contributed by atoms with Crippen LogP contribution in [0.1, 0.15) is 38.7 Å². The average molecular weight is 377 g/mol. The summed E-state index contributed by atoms with van der Waals surface area (Å²) in [5, 5.41) is 9.09. The second kappa shape index (κ2) is 9.07. The average Bonchev–Trinajstić information content (AvgIpc) is 2.71. The van der Waals surface area contributed by atoms with Crippen LogP contribution < -0.4 is 10.6 Å². The third-order valence-electron chi connectivity index (χ3n) is 5.49. The van der Waals surface area contributed by atoms with E-state index in [9.17, 15) is 0 Å². The molecule has 2 N–H and O–H groups in total. The van der Waals surface area contributed by atoms with E-state index in [1.165, 1.54) is 22.1 Å². The van der Waals surface area contributed by atoms with Crippen molar-refractivity contribution in [1.82, 2.24) is 15.2 Å². The first-order valence-electron chi connectivity index (χ1n) is 10.1. The smallest absolute Gasteiger partial charge is 0.131 e. The van der Waals surface area contributed by atoms with Crippen molar-refractivity contribution in [2.24, 2.45) is 0 Å². The molecule has 1 aliphatic heterocycles. The molecule has 1 saturated heterocycles. The number of likely N-dealkylation sites (tertiary alicyclic amines) is 1. The molecule has 2 aromatic rings. The summed E-state index contributed by atoms with van der Waals surface area (Å²) in [6.45, 7) is 14.5. The normalized spacial score (nSPS) is 15.7. The van der Waals surface area contributed by atoms with E-state index in [1.54, 1.807) is 0 Å². The molecule has 1 fully saturated rings. The number of pyridine rings is 1. The number of anilines is 1. The number of allylic oxidation sites excluding steroid dienone is 3. The molecule has 0 saturated carbocycles. The number of aromatic nitrogens is 1. The molecule has 0 bridgehead atoms. The molecule has 0 aliphatic carbocycles. The van der Waals surface area contributed by atoms with Gasteiger partial charge in [-0.2, -0.15) is 0 Å². The zero-order valence-corrected chi connectivity index (χ0v) is 17.4. The van der Waals surface area contributed by atoms with Crippen molar-refractivity contribution in [2.45, 2.75) is 39.2 Å². The Morgan fingerprint density at radius 2 is 1.96 bits per heavy atom. The molecule has 0 amide bonds. The van der Waals surface area contributed by atoms with Gasteiger partial charge in [-0.3, -0.25) is 0 Å². The third kappa shape index (κ3) is 4.82. The van der Waals surface area contributed by atoms with Gasteiger partial charge in [-0.1, -0.05) is 36.9 Å². The highest BCUT2D eigenvalue weighted by Crippen LogP contribution is 2.27. The van der Waals surface area contributed by atoms with Crippen LogP contribution in [0, 0.1) is 0 Å².